The molecule has 2 aromatic rings. The molecule has 1 heteroatoms. The van der Waals surface area contributed by atoms with Crippen LogP contribution in [0.25, 0.3) is 16.8 Å². The molecule has 0 fully saturated rings. The first-order chi connectivity index (χ1) is 11.2. The smallest absolute Gasteiger partial charge is 0.0445 e. The lowest BCUT2D eigenvalue weighted by molar-refractivity contribution is 0.323. The summed E-state index contributed by atoms with van der Waals surface area (Å²) in [7, 11) is 0. The summed E-state index contributed by atoms with van der Waals surface area (Å²) < 4.78 is 0. The number of nitrogens with zero attached hydrogens (tertiary/aromatic N) is 1. The molecular formula is C22H25N. The lowest BCUT2D eigenvalue weighted by Crippen LogP contribution is -2.34. The first-order valence-electron chi connectivity index (χ1n) is 8.49. The van der Waals surface area contributed by atoms with E-state index in [2.05, 4.69) is 92.4 Å². The highest BCUT2D eigenvalue weighted by Gasteiger charge is 2.19. The summed E-state index contributed by atoms with van der Waals surface area (Å²) in [5.74, 6) is 0. The van der Waals surface area contributed by atoms with E-state index >= 15 is 0 Å². The zero-order valence-corrected chi connectivity index (χ0v) is 14.3. The topological polar surface area (TPSA) is 3.24 Å². The molecule has 0 radical (unpaired) electrons. The number of rotatable bonds is 4. The minimum Gasteiger partial charge on any atom is -0.364 e. The fourth-order valence-corrected chi connectivity index (χ4v) is 3.09. The van der Waals surface area contributed by atoms with Crippen LogP contribution < -0.4 is 0 Å². The fourth-order valence-electron chi connectivity index (χ4n) is 3.09. The number of hydrogen-bond acceptors (Lipinski definition) is 1. The minimum atomic E-state index is 0.547. The second-order valence-electron chi connectivity index (χ2n) is 6.40. The molecule has 3 rings (SSSR count). The Morgan fingerprint density at radius 1 is 0.913 bits per heavy atom. The van der Waals surface area contributed by atoms with Crippen LogP contribution in [0.3, 0.4) is 0 Å². The van der Waals surface area contributed by atoms with E-state index < -0.39 is 0 Å². The third-order valence-corrected chi connectivity index (χ3v) is 4.64. The molecule has 0 spiro atoms. The lowest BCUT2D eigenvalue weighted by Gasteiger charge is -2.35. The van der Waals surface area contributed by atoms with Crippen LogP contribution in [0, 0.1) is 0 Å². The first kappa shape index (κ1) is 15.6. The van der Waals surface area contributed by atoms with Gasteiger partial charge in [0.05, 0.1) is 0 Å². The van der Waals surface area contributed by atoms with Crippen molar-refractivity contribution in [3.63, 3.8) is 0 Å². The Morgan fingerprint density at radius 3 is 2.35 bits per heavy atom. The highest BCUT2D eigenvalue weighted by Crippen LogP contribution is 2.30. The van der Waals surface area contributed by atoms with Gasteiger partial charge in [-0.2, -0.15) is 0 Å². The predicted octanol–water partition coefficient (Wildman–Crippen LogP) is 5.75. The summed E-state index contributed by atoms with van der Waals surface area (Å²) in [5, 5.41) is 0. The van der Waals surface area contributed by atoms with Crippen molar-refractivity contribution in [1.82, 2.24) is 4.90 Å². The molecule has 0 saturated carbocycles. The van der Waals surface area contributed by atoms with Gasteiger partial charge in [-0.25, -0.2) is 0 Å². The van der Waals surface area contributed by atoms with Gasteiger partial charge >= 0.3 is 0 Å². The van der Waals surface area contributed by atoms with E-state index in [0.29, 0.717) is 6.04 Å². The molecule has 0 saturated heterocycles. The Hall–Kier alpha value is -2.28. The Morgan fingerprint density at radius 2 is 1.61 bits per heavy atom. The van der Waals surface area contributed by atoms with Gasteiger partial charge in [0.1, 0.15) is 0 Å². The van der Waals surface area contributed by atoms with Crippen molar-refractivity contribution in [2.45, 2.75) is 33.2 Å². The molecule has 0 aromatic heterocycles. The molecule has 0 N–H and O–H groups in total. The van der Waals surface area contributed by atoms with Crippen LogP contribution in [0.2, 0.25) is 0 Å². The molecule has 0 amide bonds. The third-order valence-electron chi connectivity index (χ3n) is 4.64. The van der Waals surface area contributed by atoms with E-state index in [1.54, 1.807) is 0 Å². The van der Waals surface area contributed by atoms with Crippen molar-refractivity contribution in [2.24, 2.45) is 0 Å². The highest BCUT2D eigenvalue weighted by molar-refractivity contribution is 5.73. The van der Waals surface area contributed by atoms with Crippen molar-refractivity contribution < 1.29 is 0 Å². The second kappa shape index (κ2) is 6.87. The Bertz CT molecular complexity index is 725. The SMILES string of the molecule is CC[C@H](C)N1CC(C)=CC=C1c1cccc(-c2ccccc2)c1. The van der Waals surface area contributed by atoms with E-state index in [1.807, 2.05) is 0 Å². The molecule has 1 nitrogen and oxygen atoms in total. The van der Waals surface area contributed by atoms with Crippen LogP contribution in [0.5, 0.6) is 0 Å². The molecule has 23 heavy (non-hydrogen) atoms. The van der Waals surface area contributed by atoms with E-state index in [9.17, 15) is 0 Å². The zero-order valence-electron chi connectivity index (χ0n) is 14.3. The van der Waals surface area contributed by atoms with Crippen LogP contribution in [0.15, 0.2) is 72.3 Å². The Labute approximate surface area is 140 Å². The summed E-state index contributed by atoms with van der Waals surface area (Å²) in [5.41, 5.74) is 6.61. The molecular weight excluding hydrogens is 278 g/mol. The van der Waals surface area contributed by atoms with Crippen molar-refractivity contribution in [1.29, 1.82) is 0 Å². The largest absolute Gasteiger partial charge is 0.364 e. The minimum absolute atomic E-state index is 0.547. The fraction of sp³-hybridized carbons (Fsp3) is 0.273. The van der Waals surface area contributed by atoms with Crippen LogP contribution in [-0.4, -0.2) is 17.5 Å². The van der Waals surface area contributed by atoms with Gasteiger partial charge < -0.3 is 4.90 Å². The molecule has 2 aromatic carbocycles. The van der Waals surface area contributed by atoms with E-state index in [0.717, 1.165) is 13.0 Å². The monoisotopic (exact) mass is 303 g/mol. The molecule has 1 aliphatic rings. The second-order valence-corrected chi connectivity index (χ2v) is 6.40. The summed E-state index contributed by atoms with van der Waals surface area (Å²) in [6, 6.07) is 20.0. The predicted molar refractivity (Wildman–Crippen MR) is 100 cm³/mol. The summed E-state index contributed by atoms with van der Waals surface area (Å²) in [6.45, 7) is 7.81. The van der Waals surface area contributed by atoms with Crippen LogP contribution >= 0.6 is 0 Å². The molecule has 1 atom stereocenters. The Balaban J connectivity index is 2.00. The van der Waals surface area contributed by atoms with Gasteiger partial charge in [-0.15, -0.1) is 0 Å². The number of benzene rings is 2. The standard InChI is InChI=1S/C22H25N/c1-4-18(3)23-16-17(2)13-14-22(23)21-12-8-11-20(15-21)19-9-6-5-7-10-19/h5-15,18H,4,16H2,1-3H3/t18-/m0/s1. The molecule has 0 aliphatic carbocycles. The molecule has 1 aliphatic heterocycles. The molecule has 0 bridgehead atoms. The van der Waals surface area contributed by atoms with Gasteiger partial charge in [-0.1, -0.05) is 67.1 Å². The van der Waals surface area contributed by atoms with Gasteiger partial charge in [-0.3, -0.25) is 0 Å². The summed E-state index contributed by atoms with van der Waals surface area (Å²) in [4.78, 5) is 2.53. The average molecular weight is 303 g/mol. The third kappa shape index (κ3) is 3.39. The van der Waals surface area contributed by atoms with E-state index in [1.165, 1.54) is 28.0 Å². The molecule has 1 heterocycles. The van der Waals surface area contributed by atoms with Gasteiger partial charge in [0, 0.05) is 18.3 Å². The van der Waals surface area contributed by atoms with Gasteiger partial charge in [0.2, 0.25) is 0 Å². The van der Waals surface area contributed by atoms with Gasteiger partial charge in [-0.05, 0) is 49.1 Å². The van der Waals surface area contributed by atoms with Crippen LogP contribution in [0.1, 0.15) is 32.8 Å². The molecule has 118 valence electrons. The maximum absolute atomic E-state index is 2.53. The van der Waals surface area contributed by atoms with Gasteiger partial charge in [0.25, 0.3) is 0 Å². The van der Waals surface area contributed by atoms with E-state index in [-0.39, 0.29) is 0 Å². The number of allylic oxidation sites excluding steroid dienone is 2. The lowest BCUT2D eigenvalue weighted by atomic mass is 9.98. The first-order valence-corrected chi connectivity index (χ1v) is 8.49. The van der Waals surface area contributed by atoms with Gasteiger partial charge in [0.15, 0.2) is 0 Å². The Kier molecular flexibility index (Phi) is 4.66. The average Bonchev–Trinajstić information content (AvgIpc) is 2.62. The quantitative estimate of drug-likeness (QED) is 0.694. The van der Waals surface area contributed by atoms with E-state index in [4.69, 9.17) is 0 Å². The van der Waals surface area contributed by atoms with Crippen molar-refractivity contribution in [2.75, 3.05) is 6.54 Å². The van der Waals surface area contributed by atoms with Crippen LogP contribution in [0.4, 0.5) is 0 Å². The molecule has 0 unspecified atom stereocenters. The van der Waals surface area contributed by atoms with Crippen LogP contribution in [-0.2, 0) is 0 Å². The zero-order chi connectivity index (χ0) is 16.2. The van der Waals surface area contributed by atoms with Crippen molar-refractivity contribution in [3.05, 3.63) is 77.9 Å². The maximum Gasteiger partial charge on any atom is 0.0445 e. The maximum atomic E-state index is 2.53. The summed E-state index contributed by atoms with van der Waals surface area (Å²) in [6.07, 6.45) is 5.68. The van der Waals surface area contributed by atoms with Crippen molar-refractivity contribution in [3.8, 4) is 11.1 Å². The number of hydrogen-bond donors (Lipinski definition) is 0. The van der Waals surface area contributed by atoms with Crippen molar-refractivity contribution >= 4 is 5.70 Å². The normalized spacial score (nSPS) is 15.9. The highest BCUT2D eigenvalue weighted by atomic mass is 15.2. The summed E-state index contributed by atoms with van der Waals surface area (Å²) >= 11 is 0.